The fourth-order valence-corrected chi connectivity index (χ4v) is 2.97. The molecule has 1 aliphatic rings. The molecule has 9 heteroatoms. The maximum absolute atomic E-state index is 11.7. The van der Waals surface area contributed by atoms with E-state index < -0.39 is 0 Å². The number of carbonyl (C=O) groups excluding carboxylic acids is 2. The maximum Gasteiger partial charge on any atom is 0.341 e. The lowest BCUT2D eigenvalue weighted by Crippen LogP contribution is -2.37. The van der Waals surface area contributed by atoms with Crippen LogP contribution in [0.5, 0.6) is 0 Å². The van der Waals surface area contributed by atoms with Gasteiger partial charge >= 0.3 is 5.97 Å². The Kier molecular flexibility index (Phi) is 9.81. The summed E-state index contributed by atoms with van der Waals surface area (Å²) in [4.78, 5) is 24.2. The molecular formula is C18H30N4O5. The van der Waals surface area contributed by atoms with Crippen molar-refractivity contribution in [3.8, 4) is 0 Å². The molecule has 0 atom stereocenters. The molecule has 0 radical (unpaired) electrons. The lowest BCUT2D eigenvalue weighted by molar-refractivity contribution is -0.109. The first kappa shape index (κ1) is 21.3. The van der Waals surface area contributed by atoms with Crippen molar-refractivity contribution >= 4 is 12.4 Å². The Bertz CT molecular complexity index is 558. The van der Waals surface area contributed by atoms with E-state index in [1.54, 1.807) is 19.3 Å². The summed E-state index contributed by atoms with van der Waals surface area (Å²) in [5.41, 5.74) is 0.511. The van der Waals surface area contributed by atoms with Crippen molar-refractivity contribution in [2.24, 2.45) is 0 Å². The summed E-state index contributed by atoms with van der Waals surface area (Å²) >= 11 is 0. The summed E-state index contributed by atoms with van der Waals surface area (Å²) in [6.45, 7) is 7.81. The average molecular weight is 382 g/mol. The van der Waals surface area contributed by atoms with E-state index in [4.69, 9.17) is 14.2 Å². The lowest BCUT2D eigenvalue weighted by atomic mass is 10.1. The van der Waals surface area contributed by atoms with Gasteiger partial charge in [-0.3, -0.25) is 9.48 Å². The van der Waals surface area contributed by atoms with Gasteiger partial charge in [-0.05, 0) is 19.8 Å². The molecule has 1 amide bonds. The first-order chi connectivity index (χ1) is 13.2. The molecule has 1 N–H and O–H groups in total. The number of piperidine rings is 1. The third kappa shape index (κ3) is 7.66. The SMILES string of the molecule is CCOC(=O)c1cnn(C2CCN(CCOCCOCCNC=O)CC2)c1. The summed E-state index contributed by atoms with van der Waals surface area (Å²) < 4.78 is 17.8. The van der Waals surface area contributed by atoms with Crippen LogP contribution in [-0.2, 0) is 19.0 Å². The summed E-state index contributed by atoms with van der Waals surface area (Å²) in [6.07, 6.45) is 6.02. The minimum atomic E-state index is -0.317. The fraction of sp³-hybridized carbons (Fsp3) is 0.722. The van der Waals surface area contributed by atoms with Crippen molar-refractivity contribution in [3.05, 3.63) is 18.0 Å². The van der Waals surface area contributed by atoms with Crippen LogP contribution in [0.2, 0.25) is 0 Å². The number of rotatable bonds is 13. The molecular weight excluding hydrogens is 352 g/mol. The van der Waals surface area contributed by atoms with Crippen LogP contribution >= 0.6 is 0 Å². The molecule has 152 valence electrons. The number of hydrogen-bond acceptors (Lipinski definition) is 7. The number of aromatic nitrogens is 2. The highest BCUT2D eigenvalue weighted by atomic mass is 16.5. The van der Waals surface area contributed by atoms with E-state index in [9.17, 15) is 9.59 Å². The topological polar surface area (TPSA) is 94.9 Å². The minimum absolute atomic E-state index is 0.317. The number of amides is 1. The number of nitrogens with zero attached hydrogens (tertiary/aromatic N) is 3. The van der Waals surface area contributed by atoms with Crippen molar-refractivity contribution in [2.45, 2.75) is 25.8 Å². The van der Waals surface area contributed by atoms with E-state index in [2.05, 4.69) is 15.3 Å². The van der Waals surface area contributed by atoms with E-state index in [0.29, 0.717) is 57.6 Å². The van der Waals surface area contributed by atoms with Gasteiger partial charge in [-0.2, -0.15) is 5.10 Å². The highest BCUT2D eigenvalue weighted by molar-refractivity contribution is 5.88. The van der Waals surface area contributed by atoms with Gasteiger partial charge in [0.2, 0.25) is 6.41 Å². The van der Waals surface area contributed by atoms with Crippen molar-refractivity contribution in [1.29, 1.82) is 0 Å². The van der Waals surface area contributed by atoms with Gasteiger partial charge in [0.1, 0.15) is 0 Å². The Hall–Kier alpha value is -1.97. The molecule has 1 aliphatic heterocycles. The first-order valence-electron chi connectivity index (χ1n) is 9.50. The Balaban J connectivity index is 1.55. The summed E-state index contributed by atoms with van der Waals surface area (Å²) in [5, 5.41) is 6.86. The summed E-state index contributed by atoms with van der Waals surface area (Å²) in [5.74, 6) is -0.317. The predicted molar refractivity (Wildman–Crippen MR) is 98.6 cm³/mol. The van der Waals surface area contributed by atoms with Gasteiger partial charge in [-0.15, -0.1) is 0 Å². The second-order valence-electron chi connectivity index (χ2n) is 6.30. The van der Waals surface area contributed by atoms with Crippen LogP contribution in [0.1, 0.15) is 36.2 Å². The number of carbonyl (C=O) groups is 2. The fourth-order valence-electron chi connectivity index (χ4n) is 2.97. The van der Waals surface area contributed by atoms with Crippen molar-refractivity contribution < 1.29 is 23.8 Å². The molecule has 0 aromatic carbocycles. The molecule has 1 aromatic rings. The quantitative estimate of drug-likeness (QED) is 0.301. The van der Waals surface area contributed by atoms with Crippen LogP contribution < -0.4 is 5.32 Å². The standard InChI is InChI=1S/C18H30N4O5/c1-2-27-18(24)16-13-20-22(14-16)17-3-6-21(7-4-17)8-10-26-12-11-25-9-5-19-15-23/h13-15,17H,2-12H2,1H3,(H,19,23). The second-order valence-corrected chi connectivity index (χ2v) is 6.30. The average Bonchev–Trinajstić information content (AvgIpc) is 3.18. The van der Waals surface area contributed by atoms with Gasteiger partial charge in [0.05, 0.1) is 50.8 Å². The van der Waals surface area contributed by atoms with Crippen molar-refractivity contribution in [1.82, 2.24) is 20.0 Å². The van der Waals surface area contributed by atoms with Gasteiger partial charge < -0.3 is 24.4 Å². The van der Waals surface area contributed by atoms with Gasteiger partial charge in [-0.25, -0.2) is 4.79 Å². The van der Waals surface area contributed by atoms with Crippen LogP contribution in [-0.4, -0.2) is 86.3 Å². The molecule has 1 fully saturated rings. The maximum atomic E-state index is 11.7. The normalized spacial score (nSPS) is 15.6. The van der Waals surface area contributed by atoms with Crippen LogP contribution in [0.3, 0.4) is 0 Å². The molecule has 0 bridgehead atoms. The van der Waals surface area contributed by atoms with Crippen LogP contribution in [0, 0.1) is 0 Å². The van der Waals surface area contributed by atoms with E-state index in [1.807, 2.05) is 4.68 Å². The highest BCUT2D eigenvalue weighted by Gasteiger charge is 2.22. The van der Waals surface area contributed by atoms with Gasteiger partial charge in [0, 0.05) is 32.4 Å². The van der Waals surface area contributed by atoms with Gasteiger partial charge in [-0.1, -0.05) is 0 Å². The highest BCUT2D eigenvalue weighted by Crippen LogP contribution is 2.22. The predicted octanol–water partition coefficient (Wildman–Crippen LogP) is 0.476. The first-order valence-corrected chi connectivity index (χ1v) is 9.50. The van der Waals surface area contributed by atoms with E-state index in [1.165, 1.54) is 0 Å². The van der Waals surface area contributed by atoms with Crippen molar-refractivity contribution in [3.63, 3.8) is 0 Å². The Labute approximate surface area is 159 Å². The molecule has 2 rings (SSSR count). The van der Waals surface area contributed by atoms with E-state index in [0.717, 1.165) is 32.5 Å². The minimum Gasteiger partial charge on any atom is -0.462 e. The summed E-state index contributed by atoms with van der Waals surface area (Å²) in [7, 11) is 0. The third-order valence-corrected chi connectivity index (χ3v) is 4.44. The lowest BCUT2D eigenvalue weighted by Gasteiger charge is -2.31. The second kappa shape index (κ2) is 12.4. The van der Waals surface area contributed by atoms with Crippen LogP contribution in [0.25, 0.3) is 0 Å². The zero-order chi connectivity index (χ0) is 19.3. The molecule has 1 saturated heterocycles. The third-order valence-electron chi connectivity index (χ3n) is 4.44. The summed E-state index contributed by atoms with van der Waals surface area (Å²) in [6, 6.07) is 0.318. The zero-order valence-electron chi connectivity index (χ0n) is 16.0. The molecule has 9 nitrogen and oxygen atoms in total. The molecule has 1 aromatic heterocycles. The zero-order valence-corrected chi connectivity index (χ0v) is 16.0. The van der Waals surface area contributed by atoms with E-state index >= 15 is 0 Å². The Morgan fingerprint density at radius 2 is 2.00 bits per heavy atom. The molecule has 0 aliphatic carbocycles. The largest absolute Gasteiger partial charge is 0.462 e. The molecule has 0 saturated carbocycles. The molecule has 0 unspecified atom stereocenters. The molecule has 27 heavy (non-hydrogen) atoms. The monoisotopic (exact) mass is 382 g/mol. The Morgan fingerprint density at radius 1 is 1.26 bits per heavy atom. The van der Waals surface area contributed by atoms with Crippen LogP contribution in [0.15, 0.2) is 12.4 Å². The smallest absolute Gasteiger partial charge is 0.341 e. The van der Waals surface area contributed by atoms with Crippen LogP contribution in [0.4, 0.5) is 0 Å². The molecule has 2 heterocycles. The van der Waals surface area contributed by atoms with Gasteiger partial charge in [0.25, 0.3) is 0 Å². The van der Waals surface area contributed by atoms with E-state index in [-0.39, 0.29) is 5.97 Å². The van der Waals surface area contributed by atoms with Gasteiger partial charge in [0.15, 0.2) is 0 Å². The molecule has 0 spiro atoms. The Morgan fingerprint density at radius 3 is 2.70 bits per heavy atom. The number of ether oxygens (including phenoxy) is 3. The number of esters is 1. The number of nitrogens with one attached hydrogen (secondary N) is 1. The number of hydrogen-bond donors (Lipinski definition) is 1. The number of likely N-dealkylation sites (tertiary alicyclic amines) is 1. The van der Waals surface area contributed by atoms with Crippen molar-refractivity contribution in [2.75, 3.05) is 59.2 Å².